The fourth-order valence-corrected chi connectivity index (χ4v) is 5.28. The van der Waals surface area contributed by atoms with Crippen LogP contribution in [0.5, 0.6) is 0 Å². The highest BCUT2D eigenvalue weighted by molar-refractivity contribution is 7.14. The number of fused-ring (bicyclic) bond motifs is 2. The van der Waals surface area contributed by atoms with E-state index in [0.717, 1.165) is 48.4 Å². The molecule has 2 aromatic rings. The van der Waals surface area contributed by atoms with Gasteiger partial charge < -0.3 is 4.74 Å². The highest BCUT2D eigenvalue weighted by Gasteiger charge is 2.43. The molecule has 0 aromatic carbocycles. The van der Waals surface area contributed by atoms with Gasteiger partial charge in [-0.3, -0.25) is 9.69 Å². The van der Waals surface area contributed by atoms with Gasteiger partial charge in [-0.1, -0.05) is 0 Å². The van der Waals surface area contributed by atoms with Crippen LogP contribution in [0.15, 0.2) is 18.5 Å². The summed E-state index contributed by atoms with van der Waals surface area (Å²) in [6.07, 6.45) is 1.26. The van der Waals surface area contributed by atoms with Gasteiger partial charge in [-0.2, -0.15) is 13.2 Å². The summed E-state index contributed by atoms with van der Waals surface area (Å²) < 4.78 is 44.2. The number of hydrogen-bond acceptors (Lipinski definition) is 6. The Hall–Kier alpha value is -1.84. The summed E-state index contributed by atoms with van der Waals surface area (Å²) in [7, 11) is 0. The van der Waals surface area contributed by atoms with Crippen LogP contribution in [0, 0.1) is 0 Å². The highest BCUT2D eigenvalue weighted by atomic mass is 32.1. The summed E-state index contributed by atoms with van der Waals surface area (Å²) >= 11 is 1.51. The first-order chi connectivity index (χ1) is 13.3. The molecular weight excluding hydrogens is 391 g/mol. The van der Waals surface area contributed by atoms with Crippen LogP contribution in [0.2, 0.25) is 0 Å². The number of aldehydes is 1. The molecule has 4 heterocycles. The Morgan fingerprint density at radius 3 is 2.57 bits per heavy atom. The van der Waals surface area contributed by atoms with Gasteiger partial charge in [-0.05, 0) is 37.8 Å². The number of carbonyl (C=O) groups is 1. The maximum Gasteiger partial charge on any atom is 0.451 e. The van der Waals surface area contributed by atoms with Gasteiger partial charge in [0.15, 0.2) is 6.29 Å². The van der Waals surface area contributed by atoms with Gasteiger partial charge in [0.2, 0.25) is 5.82 Å². The van der Waals surface area contributed by atoms with Gasteiger partial charge in [-0.15, -0.1) is 11.3 Å². The Labute approximate surface area is 164 Å². The molecule has 1 atom stereocenters. The Bertz CT molecular complexity index is 858. The molecule has 2 aliphatic heterocycles. The minimum Gasteiger partial charge on any atom is -0.369 e. The van der Waals surface area contributed by atoms with E-state index in [1.165, 1.54) is 29.3 Å². The van der Waals surface area contributed by atoms with Crippen molar-refractivity contribution in [1.29, 1.82) is 0 Å². The monoisotopic (exact) mass is 411 g/mol. The number of nitrogens with zero attached hydrogens (tertiary/aromatic N) is 3. The lowest BCUT2D eigenvalue weighted by Gasteiger charge is -2.45. The van der Waals surface area contributed by atoms with Crippen molar-refractivity contribution < 1.29 is 22.7 Å². The Morgan fingerprint density at radius 1 is 1.29 bits per heavy atom. The second kappa shape index (κ2) is 7.20. The molecule has 1 spiro atoms. The van der Waals surface area contributed by atoms with Gasteiger partial charge in [0.25, 0.3) is 0 Å². The zero-order chi connectivity index (χ0) is 19.9. The number of carbonyl (C=O) groups excluding carboxylic acids is 1. The van der Waals surface area contributed by atoms with Crippen LogP contribution in [0.3, 0.4) is 0 Å². The number of likely N-dealkylation sites (tertiary alicyclic amines) is 1. The van der Waals surface area contributed by atoms with E-state index in [4.69, 9.17) is 4.74 Å². The molecule has 4 rings (SSSR count). The molecule has 28 heavy (non-hydrogen) atoms. The average molecular weight is 411 g/mol. The molecule has 5 nitrogen and oxygen atoms in total. The fraction of sp³-hybridized carbons (Fsp3) is 0.526. The van der Waals surface area contributed by atoms with Crippen molar-refractivity contribution >= 4 is 17.6 Å². The minimum atomic E-state index is -4.53. The van der Waals surface area contributed by atoms with E-state index in [2.05, 4.69) is 14.9 Å². The topological polar surface area (TPSA) is 55.3 Å². The number of aromatic nitrogens is 2. The molecule has 150 valence electrons. The number of rotatable bonds is 3. The first kappa shape index (κ1) is 19.5. The molecule has 2 aliphatic rings. The number of halogens is 3. The Morgan fingerprint density at radius 2 is 1.96 bits per heavy atom. The summed E-state index contributed by atoms with van der Waals surface area (Å²) in [5.41, 5.74) is 1.51. The second-order valence-corrected chi connectivity index (χ2v) is 8.35. The average Bonchev–Trinajstić information content (AvgIpc) is 3.13. The van der Waals surface area contributed by atoms with Crippen molar-refractivity contribution in [3.8, 4) is 0 Å². The molecule has 9 heteroatoms. The summed E-state index contributed by atoms with van der Waals surface area (Å²) in [5.74, 6) is -1.12. The maximum absolute atomic E-state index is 12.7. The lowest BCUT2D eigenvalue weighted by Crippen LogP contribution is -2.46. The summed E-state index contributed by atoms with van der Waals surface area (Å²) in [4.78, 5) is 22.2. The van der Waals surface area contributed by atoms with Crippen LogP contribution in [0.4, 0.5) is 13.2 Å². The van der Waals surface area contributed by atoms with E-state index in [0.29, 0.717) is 12.2 Å². The highest BCUT2D eigenvalue weighted by Crippen LogP contribution is 2.46. The van der Waals surface area contributed by atoms with Gasteiger partial charge >= 0.3 is 6.18 Å². The first-order valence-electron chi connectivity index (χ1n) is 9.18. The van der Waals surface area contributed by atoms with Crippen molar-refractivity contribution in [2.75, 3.05) is 19.7 Å². The van der Waals surface area contributed by atoms with Crippen molar-refractivity contribution in [3.63, 3.8) is 0 Å². The third-order valence-corrected chi connectivity index (χ3v) is 6.96. The second-order valence-electron chi connectivity index (χ2n) is 7.26. The predicted octanol–water partition coefficient (Wildman–Crippen LogP) is 3.99. The summed E-state index contributed by atoms with van der Waals surface area (Å²) in [6, 6.07) is 1.88. The zero-order valence-corrected chi connectivity index (χ0v) is 16.1. The smallest absolute Gasteiger partial charge is 0.369 e. The third kappa shape index (κ3) is 3.46. The first-order valence-corrected chi connectivity index (χ1v) is 9.99. The number of thiophene rings is 1. The number of ether oxygens (including phenoxy) is 1. The molecule has 2 aromatic heterocycles. The zero-order valence-electron chi connectivity index (χ0n) is 15.3. The molecule has 0 N–H and O–H groups in total. The molecule has 0 radical (unpaired) electrons. The van der Waals surface area contributed by atoms with Crippen LogP contribution < -0.4 is 0 Å². The van der Waals surface area contributed by atoms with Crippen molar-refractivity contribution in [1.82, 2.24) is 14.9 Å². The molecule has 0 bridgehead atoms. The van der Waals surface area contributed by atoms with E-state index >= 15 is 0 Å². The number of piperidine rings is 1. The van der Waals surface area contributed by atoms with E-state index < -0.39 is 12.0 Å². The lowest BCUT2D eigenvalue weighted by atomic mass is 9.84. The van der Waals surface area contributed by atoms with Gasteiger partial charge in [0, 0.05) is 42.0 Å². The Balaban J connectivity index is 1.47. The third-order valence-electron chi connectivity index (χ3n) is 5.67. The summed E-state index contributed by atoms with van der Waals surface area (Å²) in [5, 5.41) is 0. The number of hydrogen-bond donors (Lipinski definition) is 0. The van der Waals surface area contributed by atoms with E-state index in [1.54, 1.807) is 0 Å². The van der Waals surface area contributed by atoms with E-state index in [1.807, 2.05) is 13.0 Å². The van der Waals surface area contributed by atoms with Gasteiger partial charge in [0.05, 0.1) is 11.5 Å². The molecule has 1 saturated heterocycles. The molecule has 1 fully saturated rings. The SMILES string of the molecule is CC(c1cnc(C(F)(F)F)nc1)N1CCC2(CC1)OCCc1cc(C=O)sc12. The van der Waals surface area contributed by atoms with E-state index in [-0.39, 0.29) is 11.6 Å². The van der Waals surface area contributed by atoms with Crippen molar-refractivity contribution in [3.05, 3.63) is 45.2 Å². The predicted molar refractivity (Wildman–Crippen MR) is 97.3 cm³/mol. The molecule has 1 unspecified atom stereocenters. The molecule has 0 saturated carbocycles. The molecule has 0 aliphatic carbocycles. The maximum atomic E-state index is 12.7. The van der Waals surface area contributed by atoms with Crippen LogP contribution in [-0.4, -0.2) is 40.9 Å². The largest absolute Gasteiger partial charge is 0.451 e. The minimum absolute atomic E-state index is 0.0865. The van der Waals surface area contributed by atoms with E-state index in [9.17, 15) is 18.0 Å². The fourth-order valence-electron chi connectivity index (χ4n) is 4.06. The van der Waals surface area contributed by atoms with Crippen LogP contribution in [-0.2, 0) is 22.9 Å². The van der Waals surface area contributed by atoms with Gasteiger partial charge in [-0.25, -0.2) is 9.97 Å². The summed E-state index contributed by atoms with van der Waals surface area (Å²) in [6.45, 7) is 4.09. The van der Waals surface area contributed by atoms with Crippen molar-refractivity contribution in [2.45, 2.75) is 44.0 Å². The number of alkyl halides is 3. The van der Waals surface area contributed by atoms with Crippen LogP contribution in [0.1, 0.15) is 57.3 Å². The van der Waals surface area contributed by atoms with Crippen molar-refractivity contribution in [2.24, 2.45) is 0 Å². The van der Waals surface area contributed by atoms with Gasteiger partial charge in [0.1, 0.15) is 5.60 Å². The lowest BCUT2D eigenvalue weighted by molar-refractivity contribution is -0.145. The quantitative estimate of drug-likeness (QED) is 0.715. The molecular formula is C19H20F3N3O2S. The Kier molecular flexibility index (Phi) is 5.01. The van der Waals surface area contributed by atoms with Crippen LogP contribution in [0.25, 0.3) is 0 Å². The van der Waals surface area contributed by atoms with Crippen LogP contribution >= 0.6 is 11.3 Å². The molecule has 0 amide bonds. The normalized spacial score (nSPS) is 20.7. The standard InChI is InChI=1S/C19H20F3N3O2S/c1-12(14-9-23-17(24-10-14)19(20,21)22)25-5-3-18(4-6-25)16-13(2-7-27-18)8-15(11-26)28-16/h8-12H,2-7H2,1H3.